The summed E-state index contributed by atoms with van der Waals surface area (Å²) in [5, 5.41) is 0.544. The highest BCUT2D eigenvalue weighted by atomic mass is 19.1. The Kier molecular flexibility index (Phi) is 10.7. The second kappa shape index (κ2) is 13.9. The average molecular weight is 488 g/mol. The van der Waals surface area contributed by atoms with Crippen molar-refractivity contribution >= 4 is 11.1 Å². The molecule has 0 N–H and O–H groups in total. The van der Waals surface area contributed by atoms with E-state index in [2.05, 4.69) is 18.8 Å². The molecule has 5 nitrogen and oxygen atoms in total. The quantitative estimate of drug-likeness (QED) is 0.208. The minimum Gasteiger partial charge on any atom is -0.478 e. The van der Waals surface area contributed by atoms with Crippen LogP contribution in [0, 0.1) is 11.6 Å². The van der Waals surface area contributed by atoms with Crippen LogP contribution in [-0.2, 0) is 4.74 Å². The summed E-state index contributed by atoms with van der Waals surface area (Å²) in [6.07, 6.45) is 10.7. The molecule has 2 heterocycles. The lowest BCUT2D eigenvalue weighted by Gasteiger charge is -2.10. The fourth-order valence-corrected chi connectivity index (χ4v) is 3.82. The zero-order valence-electron chi connectivity index (χ0n) is 20.7. The molecule has 1 atom stereocenters. The number of benzene rings is 1. The Morgan fingerprint density at radius 2 is 1.51 bits per heavy atom. The molecule has 0 aliphatic heterocycles. The fourth-order valence-electron chi connectivity index (χ4n) is 3.82. The maximum absolute atomic E-state index is 13.5. The zero-order chi connectivity index (χ0) is 25.0. The van der Waals surface area contributed by atoms with Crippen molar-refractivity contribution in [3.8, 4) is 17.0 Å². The highest BCUT2D eigenvalue weighted by Gasteiger charge is 2.12. The van der Waals surface area contributed by atoms with E-state index in [1.165, 1.54) is 38.2 Å². The first kappa shape index (κ1) is 26.8. The summed E-state index contributed by atoms with van der Waals surface area (Å²) in [6.45, 7) is 5.67. The van der Waals surface area contributed by atoms with Gasteiger partial charge in [-0.2, -0.15) is 4.98 Å². The molecule has 0 bridgehead atoms. The van der Waals surface area contributed by atoms with Crippen molar-refractivity contribution in [2.24, 2.45) is 0 Å². The van der Waals surface area contributed by atoms with Crippen LogP contribution < -0.4 is 10.4 Å². The molecule has 0 spiro atoms. The third-order valence-corrected chi connectivity index (χ3v) is 6.01. The Morgan fingerprint density at radius 3 is 2.17 bits per heavy atom. The SMILES string of the molecule is CC[C@@H](C)OCCCCCCCCCCOc1ccc2cc(-c3cc(F)cc(F)c3)c(=O)oc2n1. The monoisotopic (exact) mass is 487 g/mol. The van der Waals surface area contributed by atoms with E-state index in [1.807, 2.05) is 0 Å². The van der Waals surface area contributed by atoms with Gasteiger partial charge < -0.3 is 13.9 Å². The van der Waals surface area contributed by atoms with Crippen molar-refractivity contribution in [2.45, 2.75) is 77.7 Å². The van der Waals surface area contributed by atoms with Crippen LogP contribution in [0.1, 0.15) is 71.6 Å². The number of halogens is 2. The number of ether oxygens (including phenoxy) is 2. The van der Waals surface area contributed by atoms with E-state index in [9.17, 15) is 13.6 Å². The molecule has 3 rings (SSSR count). The second-order valence-electron chi connectivity index (χ2n) is 8.92. The molecule has 0 fully saturated rings. The summed E-state index contributed by atoms with van der Waals surface area (Å²) >= 11 is 0. The predicted molar refractivity (Wildman–Crippen MR) is 134 cm³/mol. The molecule has 3 aromatic rings. The Balaban J connectivity index is 1.37. The van der Waals surface area contributed by atoms with Crippen molar-refractivity contribution in [3.63, 3.8) is 0 Å². The number of hydrogen-bond donors (Lipinski definition) is 0. The lowest BCUT2D eigenvalue weighted by molar-refractivity contribution is 0.0608. The third kappa shape index (κ3) is 8.73. The molecular formula is C28H35F2NO4. The molecule has 0 amide bonds. The van der Waals surface area contributed by atoms with Gasteiger partial charge in [-0.25, -0.2) is 13.6 Å². The normalized spacial score (nSPS) is 12.2. The summed E-state index contributed by atoms with van der Waals surface area (Å²) in [6, 6.07) is 7.87. The minimum atomic E-state index is -0.760. The minimum absolute atomic E-state index is 0.0748. The van der Waals surface area contributed by atoms with Crippen LogP contribution in [0.15, 0.2) is 45.6 Å². The molecule has 0 radical (unpaired) electrons. The van der Waals surface area contributed by atoms with Gasteiger partial charge in [-0.15, -0.1) is 0 Å². The van der Waals surface area contributed by atoms with E-state index < -0.39 is 17.3 Å². The second-order valence-corrected chi connectivity index (χ2v) is 8.92. The smallest absolute Gasteiger partial charge is 0.345 e. The lowest BCUT2D eigenvalue weighted by atomic mass is 10.1. The predicted octanol–water partition coefficient (Wildman–Crippen LogP) is 7.45. The fraction of sp³-hybridized carbons (Fsp3) is 0.500. The molecular weight excluding hydrogens is 452 g/mol. The Labute approximate surface area is 205 Å². The number of pyridine rings is 1. The number of rotatable bonds is 15. The molecule has 0 saturated carbocycles. The van der Waals surface area contributed by atoms with Gasteiger partial charge in [0.25, 0.3) is 0 Å². The van der Waals surface area contributed by atoms with Crippen LogP contribution in [0.3, 0.4) is 0 Å². The van der Waals surface area contributed by atoms with E-state index in [0.717, 1.165) is 50.5 Å². The molecule has 1 aromatic carbocycles. The largest absolute Gasteiger partial charge is 0.478 e. The van der Waals surface area contributed by atoms with Gasteiger partial charge in [0, 0.05) is 24.1 Å². The van der Waals surface area contributed by atoms with Gasteiger partial charge in [-0.05, 0) is 56.0 Å². The van der Waals surface area contributed by atoms with Gasteiger partial charge in [0.2, 0.25) is 11.6 Å². The van der Waals surface area contributed by atoms with Gasteiger partial charge >= 0.3 is 5.63 Å². The van der Waals surface area contributed by atoms with Gasteiger partial charge in [0.1, 0.15) is 11.6 Å². The summed E-state index contributed by atoms with van der Waals surface area (Å²) < 4.78 is 43.8. The molecule has 7 heteroatoms. The van der Waals surface area contributed by atoms with Crippen LogP contribution in [0.5, 0.6) is 5.88 Å². The van der Waals surface area contributed by atoms with E-state index >= 15 is 0 Å². The standard InChI is InChI=1S/C28H35F2NO4/c1-3-20(2)33-14-10-8-6-4-5-7-9-11-15-34-26-13-12-21-18-25(28(32)35-27(21)31-26)22-16-23(29)19-24(30)17-22/h12-13,16-20H,3-11,14-15H2,1-2H3/t20-/m1/s1. The Hall–Kier alpha value is -2.80. The van der Waals surface area contributed by atoms with Gasteiger partial charge in [-0.1, -0.05) is 45.4 Å². The van der Waals surface area contributed by atoms with E-state index in [4.69, 9.17) is 13.9 Å². The van der Waals surface area contributed by atoms with Crippen molar-refractivity contribution in [1.29, 1.82) is 0 Å². The molecule has 0 unspecified atom stereocenters. The first-order valence-corrected chi connectivity index (χ1v) is 12.6. The van der Waals surface area contributed by atoms with Crippen LogP contribution in [0.2, 0.25) is 0 Å². The maximum atomic E-state index is 13.5. The molecule has 0 aliphatic rings. The molecule has 0 saturated heterocycles. The molecule has 35 heavy (non-hydrogen) atoms. The zero-order valence-corrected chi connectivity index (χ0v) is 20.7. The van der Waals surface area contributed by atoms with Crippen LogP contribution in [0.4, 0.5) is 8.78 Å². The van der Waals surface area contributed by atoms with Crippen molar-refractivity contribution in [3.05, 3.63) is 58.5 Å². The summed E-state index contributed by atoms with van der Waals surface area (Å²) in [4.78, 5) is 16.6. The van der Waals surface area contributed by atoms with Gasteiger partial charge in [0.15, 0.2) is 0 Å². The van der Waals surface area contributed by atoms with Crippen LogP contribution in [0.25, 0.3) is 22.2 Å². The Morgan fingerprint density at radius 1 is 0.886 bits per heavy atom. The number of fused-ring (bicyclic) bond motifs is 1. The van der Waals surface area contributed by atoms with Crippen LogP contribution in [-0.4, -0.2) is 24.3 Å². The van der Waals surface area contributed by atoms with Crippen molar-refractivity contribution in [2.75, 3.05) is 13.2 Å². The number of hydrogen-bond acceptors (Lipinski definition) is 5. The van der Waals surface area contributed by atoms with Gasteiger partial charge in [-0.3, -0.25) is 0 Å². The maximum Gasteiger partial charge on any atom is 0.345 e. The molecule has 2 aromatic heterocycles. The van der Waals surface area contributed by atoms with E-state index in [-0.39, 0.29) is 16.8 Å². The summed E-state index contributed by atoms with van der Waals surface area (Å²) in [5.41, 5.74) is -0.391. The van der Waals surface area contributed by atoms with Crippen molar-refractivity contribution < 1.29 is 22.7 Å². The number of unbranched alkanes of at least 4 members (excludes halogenated alkanes) is 7. The van der Waals surface area contributed by atoms with Crippen molar-refractivity contribution in [1.82, 2.24) is 4.98 Å². The number of nitrogens with zero attached hydrogens (tertiary/aromatic N) is 1. The highest BCUT2D eigenvalue weighted by Crippen LogP contribution is 2.23. The van der Waals surface area contributed by atoms with Gasteiger partial charge in [0.05, 0.1) is 18.3 Å². The topological polar surface area (TPSA) is 61.6 Å². The lowest BCUT2D eigenvalue weighted by Crippen LogP contribution is -2.07. The third-order valence-electron chi connectivity index (χ3n) is 6.01. The average Bonchev–Trinajstić information content (AvgIpc) is 2.83. The van der Waals surface area contributed by atoms with E-state index in [0.29, 0.717) is 24.0 Å². The van der Waals surface area contributed by atoms with E-state index in [1.54, 1.807) is 12.1 Å². The summed E-state index contributed by atoms with van der Waals surface area (Å²) in [7, 11) is 0. The van der Waals surface area contributed by atoms with Crippen LogP contribution >= 0.6 is 0 Å². The first-order valence-electron chi connectivity index (χ1n) is 12.6. The highest BCUT2D eigenvalue weighted by molar-refractivity contribution is 5.79. The molecule has 190 valence electrons. The first-order chi connectivity index (χ1) is 17.0. The number of aromatic nitrogens is 1. The summed E-state index contributed by atoms with van der Waals surface area (Å²) in [5.74, 6) is -1.14. The Bertz CT molecular complexity index is 1110. The molecule has 0 aliphatic carbocycles.